The lowest BCUT2D eigenvalue weighted by Gasteiger charge is -2.01. The fourth-order valence-electron chi connectivity index (χ4n) is 0.885. The van der Waals surface area contributed by atoms with Crippen molar-refractivity contribution in [3.63, 3.8) is 0 Å². The van der Waals surface area contributed by atoms with Crippen molar-refractivity contribution < 1.29 is 14.6 Å². The van der Waals surface area contributed by atoms with Crippen LogP contribution < -0.4 is 4.74 Å². The number of ether oxygens (including phenoxy) is 1. The summed E-state index contributed by atoms with van der Waals surface area (Å²) in [5.74, 6) is 5.13. The molecule has 1 aromatic rings. The summed E-state index contributed by atoms with van der Waals surface area (Å²) in [7, 11) is 0. The minimum atomic E-state index is -0.940. The van der Waals surface area contributed by atoms with Crippen molar-refractivity contribution in [3.8, 4) is 17.6 Å². The van der Waals surface area contributed by atoms with E-state index in [1.807, 2.05) is 0 Å². The van der Waals surface area contributed by atoms with Gasteiger partial charge in [0.2, 0.25) is 0 Å². The van der Waals surface area contributed by atoms with Crippen molar-refractivity contribution in [3.05, 3.63) is 29.8 Å². The van der Waals surface area contributed by atoms with E-state index >= 15 is 0 Å². The first kappa shape index (κ1) is 10.1. The number of carboxylic acid groups (broad SMARTS) is 1. The van der Waals surface area contributed by atoms with Gasteiger partial charge in [0.05, 0.1) is 5.56 Å². The van der Waals surface area contributed by atoms with Gasteiger partial charge in [-0.3, -0.25) is 0 Å². The highest BCUT2D eigenvalue weighted by molar-refractivity contribution is 5.87. The zero-order chi connectivity index (χ0) is 10.4. The maximum Gasteiger partial charge on any atom is 0.335 e. The van der Waals surface area contributed by atoms with Gasteiger partial charge in [-0.2, -0.15) is 0 Å². The molecule has 0 saturated heterocycles. The van der Waals surface area contributed by atoms with Crippen LogP contribution in [0.4, 0.5) is 0 Å². The summed E-state index contributed by atoms with van der Waals surface area (Å²) < 4.78 is 5.21. The fraction of sp³-hybridized carbons (Fsp3) is 0.182. The first-order chi connectivity index (χ1) is 6.74. The topological polar surface area (TPSA) is 46.5 Å². The van der Waals surface area contributed by atoms with E-state index in [0.29, 0.717) is 12.4 Å². The van der Waals surface area contributed by atoms with Crippen LogP contribution in [-0.2, 0) is 0 Å². The number of carbonyl (C=O) groups is 1. The molecule has 0 aliphatic rings. The Morgan fingerprint density at radius 2 is 2.07 bits per heavy atom. The van der Waals surface area contributed by atoms with Gasteiger partial charge in [0.25, 0.3) is 0 Å². The van der Waals surface area contributed by atoms with Crippen LogP contribution in [-0.4, -0.2) is 17.7 Å². The van der Waals surface area contributed by atoms with Crippen LogP contribution in [0.25, 0.3) is 0 Å². The van der Waals surface area contributed by atoms with Gasteiger partial charge in [0.15, 0.2) is 0 Å². The lowest BCUT2D eigenvalue weighted by atomic mass is 10.2. The van der Waals surface area contributed by atoms with Crippen LogP contribution in [0.2, 0.25) is 0 Å². The van der Waals surface area contributed by atoms with Gasteiger partial charge in [-0.15, -0.1) is 5.92 Å². The lowest BCUT2D eigenvalue weighted by molar-refractivity contribution is 0.0697. The van der Waals surface area contributed by atoms with Crippen LogP contribution >= 0.6 is 0 Å². The normalized spacial score (nSPS) is 8.64. The highest BCUT2D eigenvalue weighted by Gasteiger charge is 2.01. The predicted octanol–water partition coefficient (Wildman–Crippen LogP) is 1.79. The second-order valence-corrected chi connectivity index (χ2v) is 2.54. The van der Waals surface area contributed by atoms with Crippen molar-refractivity contribution in [1.82, 2.24) is 0 Å². The van der Waals surface area contributed by atoms with Crippen molar-refractivity contribution >= 4 is 5.97 Å². The first-order valence-corrected chi connectivity index (χ1v) is 4.10. The largest absolute Gasteiger partial charge is 0.481 e. The summed E-state index contributed by atoms with van der Waals surface area (Å²) >= 11 is 0. The molecular weight excluding hydrogens is 180 g/mol. The highest BCUT2D eigenvalue weighted by Crippen LogP contribution is 2.11. The van der Waals surface area contributed by atoms with E-state index in [-0.39, 0.29) is 5.56 Å². The molecule has 72 valence electrons. The SMILES string of the molecule is CC#CCOc1ccc(C(=O)O)cc1. The summed E-state index contributed by atoms with van der Waals surface area (Å²) in [5.41, 5.74) is 0.249. The molecule has 0 spiro atoms. The van der Waals surface area contributed by atoms with Gasteiger partial charge in [-0.05, 0) is 31.2 Å². The molecule has 1 aromatic carbocycles. The second-order valence-electron chi connectivity index (χ2n) is 2.54. The van der Waals surface area contributed by atoms with Crippen molar-refractivity contribution in [2.75, 3.05) is 6.61 Å². The van der Waals surface area contributed by atoms with Gasteiger partial charge in [-0.1, -0.05) is 5.92 Å². The van der Waals surface area contributed by atoms with Crippen LogP contribution in [0.15, 0.2) is 24.3 Å². The molecule has 0 heterocycles. The summed E-state index contributed by atoms with van der Waals surface area (Å²) in [6.45, 7) is 2.06. The molecular formula is C11H10O3. The lowest BCUT2D eigenvalue weighted by Crippen LogP contribution is -1.97. The Labute approximate surface area is 82.3 Å². The van der Waals surface area contributed by atoms with E-state index in [9.17, 15) is 4.79 Å². The maximum absolute atomic E-state index is 10.5. The molecule has 1 rings (SSSR count). The zero-order valence-corrected chi connectivity index (χ0v) is 7.78. The molecule has 3 nitrogen and oxygen atoms in total. The van der Waals surface area contributed by atoms with Gasteiger partial charge >= 0.3 is 5.97 Å². The molecule has 0 radical (unpaired) electrons. The quantitative estimate of drug-likeness (QED) is 0.739. The van der Waals surface area contributed by atoms with Crippen LogP contribution in [0.3, 0.4) is 0 Å². The maximum atomic E-state index is 10.5. The second kappa shape index (κ2) is 4.93. The molecule has 1 N–H and O–H groups in total. The van der Waals surface area contributed by atoms with Gasteiger partial charge in [0, 0.05) is 0 Å². The Bertz CT molecular complexity index is 368. The molecule has 3 heteroatoms. The Morgan fingerprint density at radius 1 is 1.43 bits per heavy atom. The predicted molar refractivity (Wildman–Crippen MR) is 52.3 cm³/mol. The summed E-state index contributed by atoms with van der Waals surface area (Å²) in [6, 6.07) is 6.22. The van der Waals surface area contributed by atoms with E-state index < -0.39 is 5.97 Å². The number of hydrogen-bond donors (Lipinski definition) is 1. The molecule has 14 heavy (non-hydrogen) atoms. The van der Waals surface area contributed by atoms with Gasteiger partial charge in [-0.25, -0.2) is 4.79 Å². The molecule has 0 atom stereocenters. The van der Waals surface area contributed by atoms with E-state index in [4.69, 9.17) is 9.84 Å². The van der Waals surface area contributed by atoms with Crippen molar-refractivity contribution in [2.45, 2.75) is 6.92 Å². The van der Waals surface area contributed by atoms with Gasteiger partial charge < -0.3 is 9.84 Å². The van der Waals surface area contributed by atoms with E-state index in [1.165, 1.54) is 12.1 Å². The minimum absolute atomic E-state index is 0.249. The standard InChI is InChI=1S/C11H10O3/c1-2-3-8-14-10-6-4-9(5-7-10)11(12)13/h4-7H,8H2,1H3,(H,12,13). The third kappa shape index (κ3) is 2.83. The average Bonchev–Trinajstić information content (AvgIpc) is 2.19. The van der Waals surface area contributed by atoms with Crippen LogP contribution in [0.1, 0.15) is 17.3 Å². The van der Waals surface area contributed by atoms with Crippen LogP contribution in [0, 0.1) is 11.8 Å². The number of carboxylic acids is 1. The van der Waals surface area contributed by atoms with E-state index in [2.05, 4.69) is 11.8 Å². The molecule has 0 aromatic heterocycles. The Kier molecular flexibility index (Phi) is 3.57. The highest BCUT2D eigenvalue weighted by atomic mass is 16.5. The Morgan fingerprint density at radius 3 is 2.57 bits per heavy atom. The first-order valence-electron chi connectivity index (χ1n) is 4.10. The Balaban J connectivity index is 2.62. The summed E-state index contributed by atoms with van der Waals surface area (Å²) in [5, 5.41) is 8.63. The number of hydrogen-bond acceptors (Lipinski definition) is 2. The van der Waals surface area contributed by atoms with Crippen LogP contribution in [0.5, 0.6) is 5.75 Å². The van der Waals surface area contributed by atoms with Crippen molar-refractivity contribution in [2.24, 2.45) is 0 Å². The molecule has 0 unspecified atom stereocenters. The molecule has 0 aliphatic carbocycles. The third-order valence-electron chi connectivity index (χ3n) is 1.59. The number of benzene rings is 1. The van der Waals surface area contributed by atoms with E-state index in [0.717, 1.165) is 0 Å². The smallest absolute Gasteiger partial charge is 0.335 e. The van der Waals surface area contributed by atoms with Gasteiger partial charge in [0.1, 0.15) is 12.4 Å². The van der Waals surface area contributed by atoms with E-state index in [1.54, 1.807) is 19.1 Å². The molecule has 0 saturated carbocycles. The monoisotopic (exact) mass is 190 g/mol. The molecule has 0 amide bonds. The molecule has 0 fully saturated rings. The summed E-state index contributed by atoms with van der Waals surface area (Å²) in [4.78, 5) is 10.5. The Hall–Kier alpha value is -1.95. The number of aromatic carboxylic acids is 1. The zero-order valence-electron chi connectivity index (χ0n) is 7.78. The average molecular weight is 190 g/mol. The molecule has 0 aliphatic heterocycles. The molecule has 0 bridgehead atoms. The van der Waals surface area contributed by atoms with Crippen molar-refractivity contribution in [1.29, 1.82) is 0 Å². The fourth-order valence-corrected chi connectivity index (χ4v) is 0.885. The summed E-state index contributed by atoms with van der Waals surface area (Å²) in [6.07, 6.45) is 0. The minimum Gasteiger partial charge on any atom is -0.481 e. The third-order valence-corrected chi connectivity index (χ3v) is 1.59. The number of rotatable bonds is 3.